The third-order valence-corrected chi connectivity index (χ3v) is 5.07. The Morgan fingerprint density at radius 1 is 1.00 bits per heavy atom. The van der Waals surface area contributed by atoms with Gasteiger partial charge in [-0.1, -0.05) is 18.2 Å². The second-order valence-corrected chi connectivity index (χ2v) is 7.20. The molecular weight excluding hydrogens is 350 g/mol. The molecule has 0 spiro atoms. The van der Waals surface area contributed by atoms with Gasteiger partial charge >= 0.3 is 0 Å². The zero-order chi connectivity index (χ0) is 19.1. The highest BCUT2D eigenvalue weighted by Gasteiger charge is 2.20. The van der Waals surface area contributed by atoms with Gasteiger partial charge in [-0.15, -0.1) is 11.8 Å². The molecule has 0 saturated carbocycles. The van der Waals surface area contributed by atoms with E-state index in [1.54, 1.807) is 33.3 Å². The molecule has 2 aromatic carbocycles. The molecule has 2 rings (SSSR count). The Morgan fingerprint density at radius 3 is 2.31 bits per heavy atom. The maximum atomic E-state index is 12.7. The number of benzene rings is 2. The van der Waals surface area contributed by atoms with Crippen molar-refractivity contribution < 1.29 is 19.0 Å². The van der Waals surface area contributed by atoms with E-state index < -0.39 is 0 Å². The van der Waals surface area contributed by atoms with E-state index in [0.717, 1.165) is 16.2 Å². The van der Waals surface area contributed by atoms with Crippen LogP contribution in [0.4, 0.5) is 0 Å². The van der Waals surface area contributed by atoms with Gasteiger partial charge in [-0.3, -0.25) is 4.79 Å². The van der Waals surface area contributed by atoms with Crippen LogP contribution in [0, 0.1) is 0 Å². The third-order valence-electron chi connectivity index (χ3n) is 3.99. The van der Waals surface area contributed by atoms with Gasteiger partial charge in [0.25, 0.3) is 0 Å². The zero-order valence-corrected chi connectivity index (χ0v) is 16.6. The number of hydrogen-bond donors (Lipinski definition) is 0. The number of ether oxygens (including phenoxy) is 3. The molecule has 0 radical (unpaired) electrons. The fraction of sp³-hybridized carbons (Fsp3) is 0.350. The van der Waals surface area contributed by atoms with Crippen molar-refractivity contribution in [3.05, 3.63) is 48.0 Å². The van der Waals surface area contributed by atoms with Crippen molar-refractivity contribution >= 4 is 17.7 Å². The second kappa shape index (κ2) is 9.38. The van der Waals surface area contributed by atoms with Gasteiger partial charge < -0.3 is 19.1 Å². The highest BCUT2D eigenvalue weighted by molar-refractivity contribution is 8.00. The predicted octanol–water partition coefficient (Wildman–Crippen LogP) is 3.85. The Kier molecular flexibility index (Phi) is 7.21. The molecule has 26 heavy (non-hydrogen) atoms. The van der Waals surface area contributed by atoms with Crippen LogP contribution in [0.15, 0.2) is 47.4 Å². The lowest BCUT2D eigenvalue weighted by molar-refractivity contribution is -0.129. The van der Waals surface area contributed by atoms with Gasteiger partial charge in [0.1, 0.15) is 5.75 Å². The van der Waals surface area contributed by atoms with E-state index in [2.05, 4.69) is 0 Å². The van der Waals surface area contributed by atoms with Gasteiger partial charge in [0, 0.05) is 24.1 Å². The summed E-state index contributed by atoms with van der Waals surface area (Å²) >= 11 is 1.49. The van der Waals surface area contributed by atoms with Crippen LogP contribution in [-0.4, -0.2) is 44.4 Å². The maximum absolute atomic E-state index is 12.7. The standard InChI is InChI=1S/C20H25NO4S/c1-14(26-16-10-11-18(24-4)19(12-16)25-5)20(22)21(2)13-15-8-6-7-9-17(15)23-3/h6-12,14H,13H2,1-5H3/t14-/m0/s1. The summed E-state index contributed by atoms with van der Waals surface area (Å²) in [4.78, 5) is 15.4. The summed E-state index contributed by atoms with van der Waals surface area (Å²) in [5, 5.41) is -0.229. The molecular formula is C20H25NO4S. The topological polar surface area (TPSA) is 48.0 Å². The van der Waals surface area contributed by atoms with E-state index in [9.17, 15) is 4.79 Å². The van der Waals surface area contributed by atoms with E-state index >= 15 is 0 Å². The van der Waals surface area contributed by atoms with Gasteiger partial charge in [-0.2, -0.15) is 0 Å². The molecule has 0 aliphatic heterocycles. The highest BCUT2D eigenvalue weighted by Crippen LogP contribution is 2.34. The number of carbonyl (C=O) groups excluding carboxylic acids is 1. The SMILES string of the molecule is COc1ccccc1CN(C)C(=O)[C@H](C)Sc1ccc(OC)c(OC)c1. The molecule has 5 nitrogen and oxygen atoms in total. The van der Waals surface area contributed by atoms with Crippen LogP contribution in [0.2, 0.25) is 0 Å². The monoisotopic (exact) mass is 375 g/mol. The summed E-state index contributed by atoms with van der Waals surface area (Å²) in [5.74, 6) is 2.16. The molecule has 0 aliphatic rings. The van der Waals surface area contributed by atoms with Crippen molar-refractivity contribution in [1.82, 2.24) is 4.90 Å². The lowest BCUT2D eigenvalue weighted by Crippen LogP contribution is -2.32. The molecule has 2 aromatic rings. The summed E-state index contributed by atoms with van der Waals surface area (Å²) in [7, 11) is 6.64. The average Bonchev–Trinajstić information content (AvgIpc) is 2.67. The molecule has 140 valence electrons. The largest absolute Gasteiger partial charge is 0.496 e. The summed E-state index contributed by atoms with van der Waals surface area (Å²) in [6, 6.07) is 13.4. The maximum Gasteiger partial charge on any atom is 0.235 e. The number of hydrogen-bond acceptors (Lipinski definition) is 5. The number of amides is 1. The number of thioether (sulfide) groups is 1. The Hall–Kier alpha value is -2.34. The van der Waals surface area contributed by atoms with Crippen LogP contribution in [0.3, 0.4) is 0 Å². The molecule has 1 amide bonds. The minimum atomic E-state index is -0.229. The van der Waals surface area contributed by atoms with Crippen molar-refractivity contribution in [2.24, 2.45) is 0 Å². The summed E-state index contributed by atoms with van der Waals surface area (Å²) in [6.45, 7) is 2.40. The molecule has 0 N–H and O–H groups in total. The first-order valence-electron chi connectivity index (χ1n) is 8.25. The number of methoxy groups -OCH3 is 3. The predicted molar refractivity (Wildman–Crippen MR) is 104 cm³/mol. The smallest absolute Gasteiger partial charge is 0.235 e. The Bertz CT molecular complexity index is 750. The van der Waals surface area contributed by atoms with Crippen molar-refractivity contribution in [3.63, 3.8) is 0 Å². The van der Waals surface area contributed by atoms with Crippen molar-refractivity contribution in [2.75, 3.05) is 28.4 Å². The van der Waals surface area contributed by atoms with Gasteiger partial charge in [0.15, 0.2) is 11.5 Å². The molecule has 0 unspecified atom stereocenters. The average molecular weight is 375 g/mol. The fourth-order valence-corrected chi connectivity index (χ4v) is 3.63. The summed E-state index contributed by atoms with van der Waals surface area (Å²) in [6.07, 6.45) is 0. The first-order chi connectivity index (χ1) is 12.5. The lowest BCUT2D eigenvalue weighted by atomic mass is 10.2. The van der Waals surface area contributed by atoms with Crippen molar-refractivity contribution in [3.8, 4) is 17.2 Å². The van der Waals surface area contributed by atoms with Crippen LogP contribution in [-0.2, 0) is 11.3 Å². The van der Waals surface area contributed by atoms with Gasteiger partial charge in [0.05, 0.1) is 26.6 Å². The Balaban J connectivity index is 2.04. The van der Waals surface area contributed by atoms with E-state index in [1.807, 2.05) is 49.4 Å². The molecule has 1 atom stereocenters. The Morgan fingerprint density at radius 2 is 1.65 bits per heavy atom. The quantitative estimate of drug-likeness (QED) is 0.656. The van der Waals surface area contributed by atoms with E-state index in [0.29, 0.717) is 18.0 Å². The number of carbonyl (C=O) groups is 1. The van der Waals surface area contributed by atoms with Crippen LogP contribution in [0.5, 0.6) is 17.2 Å². The van der Waals surface area contributed by atoms with E-state index in [4.69, 9.17) is 14.2 Å². The normalized spacial score (nSPS) is 11.6. The number of para-hydroxylation sites is 1. The summed E-state index contributed by atoms with van der Waals surface area (Å²) < 4.78 is 15.9. The molecule has 0 aliphatic carbocycles. The van der Waals surface area contributed by atoms with Crippen molar-refractivity contribution in [1.29, 1.82) is 0 Å². The molecule has 0 aromatic heterocycles. The van der Waals surface area contributed by atoms with E-state index in [1.165, 1.54) is 11.8 Å². The van der Waals surface area contributed by atoms with Crippen LogP contribution in [0.1, 0.15) is 12.5 Å². The summed E-state index contributed by atoms with van der Waals surface area (Å²) in [5.41, 5.74) is 0.981. The number of rotatable bonds is 8. The Labute approximate surface area is 159 Å². The molecule has 0 heterocycles. The molecule has 0 bridgehead atoms. The lowest BCUT2D eigenvalue weighted by Gasteiger charge is -2.22. The van der Waals surface area contributed by atoms with E-state index in [-0.39, 0.29) is 11.2 Å². The number of nitrogens with zero attached hydrogens (tertiary/aromatic N) is 1. The first-order valence-corrected chi connectivity index (χ1v) is 9.13. The second-order valence-electron chi connectivity index (χ2n) is 5.78. The van der Waals surface area contributed by atoms with Gasteiger partial charge in [0.2, 0.25) is 5.91 Å². The molecule has 0 fully saturated rings. The minimum Gasteiger partial charge on any atom is -0.496 e. The molecule has 0 saturated heterocycles. The van der Waals surface area contributed by atoms with Crippen LogP contribution in [0.25, 0.3) is 0 Å². The van der Waals surface area contributed by atoms with Gasteiger partial charge in [-0.05, 0) is 31.2 Å². The van der Waals surface area contributed by atoms with Gasteiger partial charge in [-0.25, -0.2) is 0 Å². The third kappa shape index (κ3) is 4.85. The van der Waals surface area contributed by atoms with Crippen LogP contribution >= 0.6 is 11.8 Å². The highest BCUT2D eigenvalue weighted by atomic mass is 32.2. The first kappa shape index (κ1) is 20.0. The zero-order valence-electron chi connectivity index (χ0n) is 15.8. The van der Waals surface area contributed by atoms with Crippen molar-refractivity contribution in [2.45, 2.75) is 23.6 Å². The fourth-order valence-electron chi connectivity index (χ4n) is 2.62. The van der Waals surface area contributed by atoms with Crippen LogP contribution < -0.4 is 14.2 Å². The minimum absolute atomic E-state index is 0.0516. The molecule has 6 heteroatoms.